The Labute approximate surface area is 184 Å². The highest BCUT2D eigenvalue weighted by Crippen LogP contribution is 2.24. The summed E-state index contributed by atoms with van der Waals surface area (Å²) in [4.78, 5) is 31.7. The van der Waals surface area contributed by atoms with Crippen LogP contribution in [0.15, 0.2) is 24.3 Å². The molecule has 0 amide bonds. The molecule has 0 atom stereocenters. The van der Waals surface area contributed by atoms with Crippen LogP contribution < -0.4 is 5.73 Å². The molecule has 2 rings (SSSR count). The topological polar surface area (TPSA) is 122 Å². The number of nitrogens with zero attached hydrogens (tertiary/aromatic N) is 1. The van der Waals surface area contributed by atoms with Crippen LogP contribution in [0, 0.1) is 28.9 Å². The summed E-state index contributed by atoms with van der Waals surface area (Å²) >= 11 is 3.69. The molecule has 0 aliphatic rings. The van der Waals surface area contributed by atoms with Gasteiger partial charge in [0.15, 0.2) is 5.82 Å². The van der Waals surface area contributed by atoms with Gasteiger partial charge in [-0.25, -0.2) is 14.0 Å². The van der Waals surface area contributed by atoms with Crippen molar-refractivity contribution in [3.05, 3.63) is 64.3 Å². The number of benzene rings is 2. The SMILES string of the molecule is COC(=O)c1cc(I)cc(N)c1F.COC(=O)c1cc(I)cc([N+](=O)[O-])c1F. The van der Waals surface area contributed by atoms with Crippen LogP contribution in [0.5, 0.6) is 0 Å². The molecule has 150 valence electrons. The quantitative estimate of drug-likeness (QED) is 0.182. The molecule has 0 heterocycles. The van der Waals surface area contributed by atoms with E-state index in [1.165, 1.54) is 25.3 Å². The molecule has 2 aromatic carbocycles. The molecular formula is C16H12F2I2N2O6. The molecule has 0 aliphatic heterocycles. The molecule has 0 bridgehead atoms. The average molecular weight is 620 g/mol. The summed E-state index contributed by atoms with van der Waals surface area (Å²) < 4.78 is 36.4. The van der Waals surface area contributed by atoms with E-state index in [0.717, 1.165) is 13.2 Å². The van der Waals surface area contributed by atoms with E-state index in [9.17, 15) is 28.5 Å². The van der Waals surface area contributed by atoms with Crippen LogP contribution in [0.3, 0.4) is 0 Å². The molecule has 28 heavy (non-hydrogen) atoms. The van der Waals surface area contributed by atoms with Crippen molar-refractivity contribution in [2.24, 2.45) is 0 Å². The molecule has 0 unspecified atom stereocenters. The standard InChI is InChI=1S/C8H5FINO4.C8H7FINO2/c1-15-8(12)5-2-4(10)3-6(7(5)9)11(13)14;1-13-8(12)5-2-4(10)3-6(11)7(5)9/h2-3H,1H3;2-3H,11H2,1H3. The zero-order chi connectivity index (χ0) is 21.6. The molecule has 0 spiro atoms. The van der Waals surface area contributed by atoms with Crippen LogP contribution in [-0.2, 0) is 9.47 Å². The number of carbonyl (C=O) groups is 2. The molecule has 0 saturated carbocycles. The summed E-state index contributed by atoms with van der Waals surface area (Å²) in [6.07, 6.45) is 0. The van der Waals surface area contributed by atoms with E-state index in [1.54, 1.807) is 22.6 Å². The Morgan fingerprint density at radius 1 is 0.964 bits per heavy atom. The number of esters is 2. The molecule has 0 fully saturated rings. The first-order valence-corrected chi connectivity index (χ1v) is 9.23. The summed E-state index contributed by atoms with van der Waals surface area (Å²) in [6.45, 7) is 0. The third-order valence-corrected chi connectivity index (χ3v) is 4.34. The molecule has 0 aromatic heterocycles. The van der Waals surface area contributed by atoms with Gasteiger partial charge in [-0.3, -0.25) is 10.1 Å². The van der Waals surface area contributed by atoms with Crippen molar-refractivity contribution < 1.29 is 32.8 Å². The zero-order valence-electron chi connectivity index (χ0n) is 14.3. The second-order valence-electron chi connectivity index (χ2n) is 4.88. The van der Waals surface area contributed by atoms with E-state index in [-0.39, 0.29) is 11.3 Å². The number of nitro benzene ring substituents is 1. The van der Waals surface area contributed by atoms with Crippen molar-refractivity contribution in [1.29, 1.82) is 0 Å². The molecule has 0 radical (unpaired) electrons. The van der Waals surface area contributed by atoms with E-state index in [4.69, 9.17) is 5.73 Å². The molecule has 0 saturated heterocycles. The lowest BCUT2D eigenvalue weighted by atomic mass is 10.2. The minimum atomic E-state index is -1.17. The van der Waals surface area contributed by atoms with Gasteiger partial charge in [0, 0.05) is 13.2 Å². The Morgan fingerprint density at radius 2 is 1.39 bits per heavy atom. The van der Waals surface area contributed by atoms with E-state index in [0.29, 0.717) is 7.14 Å². The monoisotopic (exact) mass is 620 g/mol. The second kappa shape index (κ2) is 10.4. The van der Waals surface area contributed by atoms with E-state index < -0.39 is 39.7 Å². The second-order valence-corrected chi connectivity index (χ2v) is 7.37. The average Bonchev–Trinajstić information content (AvgIpc) is 2.65. The van der Waals surface area contributed by atoms with Gasteiger partial charge in [0.2, 0.25) is 5.82 Å². The summed E-state index contributed by atoms with van der Waals surface area (Å²) in [5.41, 5.74) is 3.98. The first-order chi connectivity index (χ1) is 13.0. The third-order valence-electron chi connectivity index (χ3n) is 3.09. The lowest BCUT2D eigenvalue weighted by Gasteiger charge is -2.04. The van der Waals surface area contributed by atoms with Gasteiger partial charge in [-0.05, 0) is 63.4 Å². The van der Waals surface area contributed by atoms with Crippen molar-refractivity contribution in [2.75, 3.05) is 20.0 Å². The number of methoxy groups -OCH3 is 2. The van der Waals surface area contributed by atoms with Gasteiger partial charge >= 0.3 is 17.6 Å². The predicted octanol–water partition coefficient (Wildman–Crippen LogP) is 3.92. The van der Waals surface area contributed by atoms with Crippen LogP contribution in [0.25, 0.3) is 0 Å². The smallest absolute Gasteiger partial charge is 0.341 e. The lowest BCUT2D eigenvalue weighted by Crippen LogP contribution is -2.07. The van der Waals surface area contributed by atoms with Gasteiger partial charge in [0.25, 0.3) is 0 Å². The van der Waals surface area contributed by atoms with Crippen LogP contribution in [0.1, 0.15) is 20.7 Å². The maximum Gasteiger partial charge on any atom is 0.341 e. The van der Waals surface area contributed by atoms with Gasteiger partial charge in [-0.15, -0.1) is 0 Å². The fourth-order valence-electron chi connectivity index (χ4n) is 1.84. The summed E-state index contributed by atoms with van der Waals surface area (Å²) in [7, 11) is 2.27. The summed E-state index contributed by atoms with van der Waals surface area (Å²) in [5.74, 6) is -3.56. The minimum Gasteiger partial charge on any atom is -0.465 e. The first-order valence-electron chi connectivity index (χ1n) is 7.08. The van der Waals surface area contributed by atoms with E-state index in [2.05, 4.69) is 9.47 Å². The molecule has 8 nitrogen and oxygen atoms in total. The number of nitro groups is 1. The largest absolute Gasteiger partial charge is 0.465 e. The fourth-order valence-corrected chi connectivity index (χ4v) is 3.09. The highest BCUT2D eigenvalue weighted by molar-refractivity contribution is 14.1. The highest BCUT2D eigenvalue weighted by atomic mass is 127. The minimum absolute atomic E-state index is 0.0488. The predicted molar refractivity (Wildman–Crippen MR) is 112 cm³/mol. The Hall–Kier alpha value is -2.10. The zero-order valence-corrected chi connectivity index (χ0v) is 18.6. The molecule has 0 aliphatic carbocycles. The van der Waals surface area contributed by atoms with Crippen LogP contribution in [-0.4, -0.2) is 31.1 Å². The van der Waals surface area contributed by atoms with Crippen molar-refractivity contribution in [2.45, 2.75) is 0 Å². The van der Waals surface area contributed by atoms with Crippen LogP contribution >= 0.6 is 45.2 Å². The van der Waals surface area contributed by atoms with E-state index >= 15 is 0 Å². The van der Waals surface area contributed by atoms with Gasteiger partial charge in [-0.2, -0.15) is 4.39 Å². The van der Waals surface area contributed by atoms with E-state index in [1.807, 2.05) is 22.6 Å². The molecule has 2 aromatic rings. The van der Waals surface area contributed by atoms with Gasteiger partial charge in [0.05, 0.1) is 30.4 Å². The number of anilines is 1. The number of hydrogen-bond donors (Lipinski definition) is 1. The Bertz CT molecular complexity index is 940. The number of hydrogen-bond acceptors (Lipinski definition) is 7. The lowest BCUT2D eigenvalue weighted by molar-refractivity contribution is -0.387. The van der Waals surface area contributed by atoms with Crippen molar-refractivity contribution in [3.8, 4) is 0 Å². The molecule has 12 heteroatoms. The summed E-state index contributed by atoms with van der Waals surface area (Å²) in [6, 6.07) is 5.07. The van der Waals surface area contributed by atoms with Crippen molar-refractivity contribution >= 4 is 68.5 Å². The van der Waals surface area contributed by atoms with Gasteiger partial charge in [0.1, 0.15) is 5.56 Å². The van der Waals surface area contributed by atoms with Crippen molar-refractivity contribution in [1.82, 2.24) is 0 Å². The normalized spacial score (nSPS) is 9.79. The Kier molecular flexibility index (Phi) is 8.93. The number of ether oxygens (including phenoxy) is 2. The van der Waals surface area contributed by atoms with Gasteiger partial charge < -0.3 is 15.2 Å². The molecule has 2 N–H and O–H groups in total. The maximum atomic E-state index is 13.4. The molecular weight excluding hydrogens is 608 g/mol. The summed E-state index contributed by atoms with van der Waals surface area (Å²) in [5, 5.41) is 10.4. The van der Waals surface area contributed by atoms with Crippen LogP contribution in [0.2, 0.25) is 0 Å². The number of halogens is 4. The van der Waals surface area contributed by atoms with Gasteiger partial charge in [-0.1, -0.05) is 0 Å². The van der Waals surface area contributed by atoms with Crippen LogP contribution in [0.4, 0.5) is 20.2 Å². The highest BCUT2D eigenvalue weighted by Gasteiger charge is 2.23. The first kappa shape index (κ1) is 23.9. The third kappa shape index (κ3) is 5.95. The number of carbonyl (C=O) groups excluding carboxylic acids is 2. The number of rotatable bonds is 3. The number of nitrogens with two attached hydrogens (primary N) is 1. The number of nitrogen functional groups attached to an aromatic ring is 1. The maximum absolute atomic E-state index is 13.4. The van der Waals surface area contributed by atoms with Crippen molar-refractivity contribution in [3.63, 3.8) is 0 Å². The Morgan fingerprint density at radius 3 is 1.82 bits per heavy atom. The fraction of sp³-hybridized carbons (Fsp3) is 0.125. The Balaban J connectivity index is 0.000000283.